The maximum atomic E-state index is 13.1. The van der Waals surface area contributed by atoms with Crippen molar-refractivity contribution in [1.29, 1.82) is 0 Å². The second-order valence-corrected chi connectivity index (χ2v) is 7.61. The van der Waals surface area contributed by atoms with Gasteiger partial charge in [0.2, 0.25) is 0 Å². The number of nitrogen functional groups attached to an aromatic ring is 1. The molecule has 0 aromatic heterocycles. The fourth-order valence-corrected chi connectivity index (χ4v) is 4.55. The van der Waals surface area contributed by atoms with Crippen LogP contribution in [0.4, 0.5) is 5.69 Å². The molecule has 3 aromatic rings. The van der Waals surface area contributed by atoms with E-state index in [0.717, 1.165) is 9.79 Å². The molecule has 0 heterocycles. The minimum absolute atomic E-state index is 0.164. The fourth-order valence-electron chi connectivity index (χ4n) is 2.95. The average molecular weight is 410 g/mol. The Kier molecular flexibility index (Phi) is 3.98. The highest BCUT2D eigenvalue weighted by atomic mass is 79.9. The summed E-state index contributed by atoms with van der Waals surface area (Å²) in [6.45, 7) is 0. The van der Waals surface area contributed by atoms with E-state index in [9.17, 15) is 9.59 Å². The van der Waals surface area contributed by atoms with Crippen LogP contribution in [0.25, 0.3) is 0 Å². The van der Waals surface area contributed by atoms with Crippen LogP contribution in [0.3, 0.4) is 0 Å². The largest absolute Gasteiger partial charge is 0.397 e. The third-order valence-electron chi connectivity index (χ3n) is 4.12. The van der Waals surface area contributed by atoms with Crippen molar-refractivity contribution in [2.75, 3.05) is 5.73 Å². The lowest BCUT2D eigenvalue weighted by Gasteiger charge is -2.22. The first kappa shape index (κ1) is 16.1. The van der Waals surface area contributed by atoms with Crippen LogP contribution < -0.4 is 5.73 Å². The molecule has 1 aliphatic carbocycles. The van der Waals surface area contributed by atoms with Crippen LogP contribution in [0.5, 0.6) is 0 Å². The van der Waals surface area contributed by atoms with Gasteiger partial charge in [-0.15, -0.1) is 0 Å². The number of hydrogen-bond acceptors (Lipinski definition) is 4. The van der Waals surface area contributed by atoms with E-state index in [2.05, 4.69) is 15.9 Å². The van der Waals surface area contributed by atoms with Gasteiger partial charge in [-0.1, -0.05) is 54.2 Å². The molecule has 4 rings (SSSR count). The summed E-state index contributed by atoms with van der Waals surface area (Å²) in [5.41, 5.74) is 7.96. The maximum Gasteiger partial charge on any atom is 0.196 e. The molecule has 0 bridgehead atoms. The Hall–Kier alpha value is -2.37. The molecule has 0 spiro atoms. The molecule has 5 heteroatoms. The zero-order chi connectivity index (χ0) is 17.6. The number of anilines is 1. The highest BCUT2D eigenvalue weighted by Crippen LogP contribution is 2.42. The highest BCUT2D eigenvalue weighted by Gasteiger charge is 2.34. The van der Waals surface area contributed by atoms with Crippen LogP contribution in [0, 0.1) is 0 Å². The second kappa shape index (κ2) is 6.17. The lowest BCUT2D eigenvalue weighted by molar-refractivity contribution is 0.0977. The average Bonchev–Trinajstić information content (AvgIpc) is 2.63. The fraction of sp³-hybridized carbons (Fsp3) is 0. The Bertz CT molecular complexity index is 1030. The predicted molar refractivity (Wildman–Crippen MR) is 102 cm³/mol. The van der Waals surface area contributed by atoms with Crippen molar-refractivity contribution in [3.63, 3.8) is 0 Å². The molecule has 1 aliphatic rings. The molecule has 0 unspecified atom stereocenters. The maximum absolute atomic E-state index is 13.1. The molecule has 2 N–H and O–H groups in total. The number of carbonyl (C=O) groups excluding carboxylic acids is 2. The lowest BCUT2D eigenvalue weighted by atomic mass is 9.83. The zero-order valence-electron chi connectivity index (χ0n) is 13.0. The summed E-state index contributed by atoms with van der Waals surface area (Å²) in [6, 6.07) is 18.4. The molecule has 3 aromatic carbocycles. The summed E-state index contributed by atoms with van der Waals surface area (Å²) in [6.07, 6.45) is 0. The summed E-state index contributed by atoms with van der Waals surface area (Å²) >= 11 is 4.87. The topological polar surface area (TPSA) is 60.2 Å². The van der Waals surface area contributed by atoms with Crippen LogP contribution in [-0.4, -0.2) is 11.6 Å². The third kappa shape index (κ3) is 2.60. The molecule has 3 nitrogen and oxygen atoms in total. The number of carbonyl (C=O) groups is 2. The summed E-state index contributed by atoms with van der Waals surface area (Å²) < 4.78 is 0.616. The van der Waals surface area contributed by atoms with E-state index in [1.807, 2.05) is 36.4 Å². The predicted octanol–water partition coefficient (Wildman–Crippen LogP) is 4.96. The molecule has 0 amide bonds. The number of rotatable bonds is 2. The first-order valence-corrected chi connectivity index (χ1v) is 9.22. The molecule has 0 saturated heterocycles. The van der Waals surface area contributed by atoms with E-state index in [4.69, 9.17) is 5.73 Å². The minimum Gasteiger partial charge on any atom is -0.397 e. The van der Waals surface area contributed by atoms with Crippen LogP contribution in [0.15, 0.2) is 74.9 Å². The van der Waals surface area contributed by atoms with E-state index in [-0.39, 0.29) is 17.1 Å². The van der Waals surface area contributed by atoms with Gasteiger partial charge in [0, 0.05) is 31.0 Å². The molecular weight excluding hydrogens is 398 g/mol. The molecule has 0 atom stereocenters. The van der Waals surface area contributed by atoms with Gasteiger partial charge in [0.25, 0.3) is 0 Å². The Labute approximate surface area is 157 Å². The number of ketones is 2. The standard InChI is InChI=1S/C20H12BrNO2S/c21-14-10-15(25-11-6-2-1-3-7-11)16-17(18(14)22)20(24)13-9-5-4-8-12(13)19(16)23/h1-10H,22H2. The van der Waals surface area contributed by atoms with Crippen molar-refractivity contribution in [3.8, 4) is 0 Å². The van der Waals surface area contributed by atoms with Crippen LogP contribution in [-0.2, 0) is 0 Å². The van der Waals surface area contributed by atoms with Gasteiger partial charge < -0.3 is 5.73 Å². The van der Waals surface area contributed by atoms with Gasteiger partial charge in [-0.05, 0) is 34.1 Å². The molecule has 122 valence electrons. The van der Waals surface area contributed by atoms with Crippen LogP contribution >= 0.6 is 27.7 Å². The van der Waals surface area contributed by atoms with E-state index in [1.165, 1.54) is 11.8 Å². The minimum atomic E-state index is -0.209. The van der Waals surface area contributed by atoms with Crippen molar-refractivity contribution in [3.05, 3.63) is 87.4 Å². The van der Waals surface area contributed by atoms with Crippen LogP contribution in [0.2, 0.25) is 0 Å². The Morgan fingerprint density at radius 1 is 0.800 bits per heavy atom. The molecule has 0 radical (unpaired) electrons. The van der Waals surface area contributed by atoms with Crippen molar-refractivity contribution >= 4 is 44.9 Å². The lowest BCUT2D eigenvalue weighted by Crippen LogP contribution is -2.23. The Morgan fingerprint density at radius 3 is 2.00 bits per heavy atom. The highest BCUT2D eigenvalue weighted by molar-refractivity contribution is 9.10. The molecule has 0 fully saturated rings. The van der Waals surface area contributed by atoms with Crippen molar-refractivity contribution in [1.82, 2.24) is 0 Å². The van der Waals surface area contributed by atoms with Crippen molar-refractivity contribution < 1.29 is 9.59 Å². The quantitative estimate of drug-likeness (QED) is 0.475. The van der Waals surface area contributed by atoms with Gasteiger partial charge in [-0.2, -0.15) is 0 Å². The number of fused-ring (bicyclic) bond motifs is 2. The Morgan fingerprint density at radius 2 is 1.36 bits per heavy atom. The smallest absolute Gasteiger partial charge is 0.196 e. The van der Waals surface area contributed by atoms with Gasteiger partial charge in [-0.25, -0.2) is 0 Å². The number of hydrogen-bond donors (Lipinski definition) is 1. The van der Waals surface area contributed by atoms with E-state index in [0.29, 0.717) is 26.9 Å². The monoisotopic (exact) mass is 409 g/mol. The summed E-state index contributed by atoms with van der Waals surface area (Å²) in [5.74, 6) is -0.373. The first-order valence-electron chi connectivity index (χ1n) is 7.61. The number of nitrogens with two attached hydrogens (primary N) is 1. The van der Waals surface area contributed by atoms with Gasteiger partial charge in [0.15, 0.2) is 11.6 Å². The number of halogens is 1. The molecule has 0 aliphatic heterocycles. The Balaban J connectivity index is 1.96. The van der Waals surface area contributed by atoms with Crippen molar-refractivity contribution in [2.45, 2.75) is 9.79 Å². The molecule has 0 saturated carbocycles. The SMILES string of the molecule is Nc1c(Br)cc(Sc2ccccc2)c2c1C(=O)c1ccccc1C2=O. The summed E-state index contributed by atoms with van der Waals surface area (Å²) in [7, 11) is 0. The van der Waals surface area contributed by atoms with E-state index in [1.54, 1.807) is 24.3 Å². The normalized spacial score (nSPS) is 12.7. The van der Waals surface area contributed by atoms with Crippen molar-refractivity contribution in [2.24, 2.45) is 0 Å². The van der Waals surface area contributed by atoms with E-state index < -0.39 is 0 Å². The van der Waals surface area contributed by atoms with E-state index >= 15 is 0 Å². The van der Waals surface area contributed by atoms with Gasteiger partial charge in [-0.3, -0.25) is 9.59 Å². The van der Waals surface area contributed by atoms with Gasteiger partial charge in [0.1, 0.15) is 0 Å². The molecule has 25 heavy (non-hydrogen) atoms. The van der Waals surface area contributed by atoms with Crippen LogP contribution in [0.1, 0.15) is 31.8 Å². The first-order chi connectivity index (χ1) is 12.1. The van der Waals surface area contributed by atoms with Gasteiger partial charge >= 0.3 is 0 Å². The summed E-state index contributed by atoms with van der Waals surface area (Å²) in [5, 5.41) is 0. The second-order valence-electron chi connectivity index (χ2n) is 5.64. The summed E-state index contributed by atoms with van der Waals surface area (Å²) in [4.78, 5) is 27.8. The third-order valence-corrected chi connectivity index (χ3v) is 5.83. The zero-order valence-corrected chi connectivity index (χ0v) is 15.4. The van der Waals surface area contributed by atoms with Gasteiger partial charge in [0.05, 0.1) is 11.3 Å². The number of benzene rings is 3. The molecular formula is C20H12BrNO2S.